The number of morpholine rings is 1. The first-order valence-corrected chi connectivity index (χ1v) is 6.56. The number of hydrogen-bond donors (Lipinski definition) is 1. The first kappa shape index (κ1) is 14.4. The van der Waals surface area contributed by atoms with Crippen LogP contribution >= 0.6 is 0 Å². The molecular formula is C14H19F2NO2. The van der Waals surface area contributed by atoms with Gasteiger partial charge in [0.1, 0.15) is 11.6 Å². The van der Waals surface area contributed by atoms with Gasteiger partial charge in [-0.05, 0) is 18.2 Å². The zero-order chi connectivity index (χ0) is 13.8. The highest BCUT2D eigenvalue weighted by molar-refractivity contribution is 5.19. The SMILES string of the molecule is CCN1CCOC(C(O)Cc2ccc(F)cc2F)C1. The van der Waals surface area contributed by atoms with Crippen LogP contribution in [-0.2, 0) is 11.2 Å². The lowest BCUT2D eigenvalue weighted by atomic mass is 10.0. The number of hydrogen-bond acceptors (Lipinski definition) is 3. The lowest BCUT2D eigenvalue weighted by Crippen LogP contribution is -2.48. The van der Waals surface area contributed by atoms with E-state index < -0.39 is 17.7 Å². The first-order valence-electron chi connectivity index (χ1n) is 6.56. The van der Waals surface area contributed by atoms with Gasteiger partial charge in [0.25, 0.3) is 0 Å². The summed E-state index contributed by atoms with van der Waals surface area (Å²) in [4.78, 5) is 2.18. The molecule has 0 bridgehead atoms. The van der Waals surface area contributed by atoms with Crippen LogP contribution in [0.4, 0.5) is 8.78 Å². The van der Waals surface area contributed by atoms with E-state index in [-0.39, 0.29) is 12.5 Å². The Labute approximate surface area is 111 Å². The predicted molar refractivity (Wildman–Crippen MR) is 67.9 cm³/mol. The summed E-state index contributed by atoms with van der Waals surface area (Å²) in [7, 11) is 0. The van der Waals surface area contributed by atoms with Crippen LogP contribution in [0.15, 0.2) is 18.2 Å². The fraction of sp³-hybridized carbons (Fsp3) is 0.571. The van der Waals surface area contributed by atoms with E-state index >= 15 is 0 Å². The molecule has 1 heterocycles. The largest absolute Gasteiger partial charge is 0.390 e. The smallest absolute Gasteiger partial charge is 0.129 e. The quantitative estimate of drug-likeness (QED) is 0.902. The number of benzene rings is 1. The molecule has 1 aromatic rings. The molecule has 1 aromatic carbocycles. The normalized spacial score (nSPS) is 22.4. The molecule has 3 nitrogen and oxygen atoms in total. The molecule has 0 amide bonds. The zero-order valence-electron chi connectivity index (χ0n) is 11.0. The molecule has 106 valence electrons. The molecule has 19 heavy (non-hydrogen) atoms. The van der Waals surface area contributed by atoms with Crippen molar-refractivity contribution in [2.24, 2.45) is 0 Å². The van der Waals surface area contributed by atoms with E-state index in [0.717, 1.165) is 19.2 Å². The number of halogens is 2. The third-order valence-corrected chi connectivity index (χ3v) is 3.50. The molecule has 0 aromatic heterocycles. The van der Waals surface area contributed by atoms with E-state index in [1.165, 1.54) is 12.1 Å². The summed E-state index contributed by atoms with van der Waals surface area (Å²) >= 11 is 0. The molecule has 2 atom stereocenters. The van der Waals surface area contributed by atoms with E-state index in [1.54, 1.807) is 0 Å². The van der Waals surface area contributed by atoms with Gasteiger partial charge < -0.3 is 9.84 Å². The second-order valence-corrected chi connectivity index (χ2v) is 4.81. The Morgan fingerprint density at radius 3 is 2.95 bits per heavy atom. The molecule has 2 unspecified atom stereocenters. The third kappa shape index (κ3) is 3.72. The van der Waals surface area contributed by atoms with Crippen LogP contribution in [-0.4, -0.2) is 48.5 Å². The Morgan fingerprint density at radius 2 is 2.26 bits per heavy atom. The van der Waals surface area contributed by atoms with Crippen molar-refractivity contribution < 1.29 is 18.6 Å². The number of ether oxygens (including phenoxy) is 1. The maximum atomic E-state index is 13.5. The van der Waals surface area contributed by atoms with Crippen molar-refractivity contribution in [3.8, 4) is 0 Å². The van der Waals surface area contributed by atoms with E-state index in [2.05, 4.69) is 11.8 Å². The van der Waals surface area contributed by atoms with Gasteiger partial charge in [0, 0.05) is 25.6 Å². The highest BCUT2D eigenvalue weighted by Crippen LogP contribution is 2.16. The van der Waals surface area contributed by atoms with Gasteiger partial charge in [-0.15, -0.1) is 0 Å². The standard InChI is InChI=1S/C14H19F2NO2/c1-2-17-5-6-19-14(9-17)13(18)7-10-3-4-11(15)8-12(10)16/h3-4,8,13-14,18H,2,5-7,9H2,1H3. The molecule has 1 saturated heterocycles. The predicted octanol–water partition coefficient (Wildman–Crippen LogP) is 1.59. The second-order valence-electron chi connectivity index (χ2n) is 4.81. The lowest BCUT2D eigenvalue weighted by molar-refractivity contribution is -0.0869. The molecule has 1 fully saturated rings. The highest BCUT2D eigenvalue weighted by atomic mass is 19.1. The third-order valence-electron chi connectivity index (χ3n) is 3.50. The van der Waals surface area contributed by atoms with Gasteiger partial charge in [-0.2, -0.15) is 0 Å². The van der Waals surface area contributed by atoms with Crippen LogP contribution in [0, 0.1) is 11.6 Å². The zero-order valence-corrected chi connectivity index (χ0v) is 11.0. The van der Waals surface area contributed by atoms with Crippen LogP contribution in [0.1, 0.15) is 12.5 Å². The Bertz CT molecular complexity index is 428. The van der Waals surface area contributed by atoms with Crippen molar-refractivity contribution in [1.29, 1.82) is 0 Å². The molecule has 1 aliphatic heterocycles. The number of aliphatic hydroxyl groups excluding tert-OH is 1. The minimum Gasteiger partial charge on any atom is -0.390 e. The fourth-order valence-electron chi connectivity index (χ4n) is 2.30. The van der Waals surface area contributed by atoms with E-state index in [0.29, 0.717) is 18.7 Å². The molecule has 5 heteroatoms. The van der Waals surface area contributed by atoms with Crippen molar-refractivity contribution >= 4 is 0 Å². The van der Waals surface area contributed by atoms with Crippen molar-refractivity contribution in [1.82, 2.24) is 4.90 Å². The lowest BCUT2D eigenvalue weighted by Gasteiger charge is -2.34. The summed E-state index contributed by atoms with van der Waals surface area (Å²) in [6.07, 6.45) is -0.971. The van der Waals surface area contributed by atoms with Crippen molar-refractivity contribution in [3.63, 3.8) is 0 Å². The van der Waals surface area contributed by atoms with Crippen LogP contribution in [0.5, 0.6) is 0 Å². The second kappa shape index (κ2) is 6.41. The van der Waals surface area contributed by atoms with E-state index in [4.69, 9.17) is 4.74 Å². The minimum atomic E-state index is -0.783. The number of likely N-dealkylation sites (N-methyl/N-ethyl adjacent to an activating group) is 1. The topological polar surface area (TPSA) is 32.7 Å². The molecule has 0 radical (unpaired) electrons. The van der Waals surface area contributed by atoms with Gasteiger partial charge in [-0.1, -0.05) is 13.0 Å². The van der Waals surface area contributed by atoms with Gasteiger partial charge in [-0.25, -0.2) is 8.78 Å². The van der Waals surface area contributed by atoms with E-state index in [9.17, 15) is 13.9 Å². The number of rotatable bonds is 4. The average Bonchev–Trinajstić information content (AvgIpc) is 2.42. The van der Waals surface area contributed by atoms with Crippen molar-refractivity contribution in [2.75, 3.05) is 26.2 Å². The minimum absolute atomic E-state index is 0.133. The van der Waals surface area contributed by atoms with Gasteiger partial charge in [0.05, 0.1) is 18.8 Å². The fourth-order valence-corrected chi connectivity index (χ4v) is 2.30. The Balaban J connectivity index is 1.98. The van der Waals surface area contributed by atoms with Crippen LogP contribution in [0.2, 0.25) is 0 Å². The molecule has 0 saturated carbocycles. The average molecular weight is 271 g/mol. The van der Waals surface area contributed by atoms with Gasteiger partial charge >= 0.3 is 0 Å². The number of nitrogens with zero attached hydrogens (tertiary/aromatic N) is 1. The first-order chi connectivity index (χ1) is 9.10. The van der Waals surface area contributed by atoms with E-state index in [1.807, 2.05) is 0 Å². The van der Waals surface area contributed by atoms with Gasteiger partial charge in [-0.3, -0.25) is 4.90 Å². The Morgan fingerprint density at radius 1 is 1.47 bits per heavy atom. The van der Waals surface area contributed by atoms with Crippen LogP contribution in [0.25, 0.3) is 0 Å². The molecule has 1 aliphatic rings. The van der Waals surface area contributed by atoms with Crippen molar-refractivity contribution in [2.45, 2.75) is 25.6 Å². The maximum Gasteiger partial charge on any atom is 0.129 e. The van der Waals surface area contributed by atoms with Crippen LogP contribution < -0.4 is 0 Å². The maximum absolute atomic E-state index is 13.5. The summed E-state index contributed by atoms with van der Waals surface area (Å²) in [5.41, 5.74) is 0.311. The number of aliphatic hydroxyl groups is 1. The summed E-state index contributed by atoms with van der Waals surface area (Å²) in [6, 6.07) is 3.40. The summed E-state index contributed by atoms with van der Waals surface area (Å²) < 4.78 is 31.8. The molecule has 2 rings (SSSR count). The Kier molecular flexibility index (Phi) is 4.85. The highest BCUT2D eigenvalue weighted by Gasteiger charge is 2.26. The summed E-state index contributed by atoms with van der Waals surface area (Å²) in [6.45, 7) is 5.01. The molecule has 0 aliphatic carbocycles. The monoisotopic (exact) mass is 271 g/mol. The Hall–Kier alpha value is -1.04. The molecule has 0 spiro atoms. The van der Waals surface area contributed by atoms with Crippen LogP contribution in [0.3, 0.4) is 0 Å². The molecular weight excluding hydrogens is 252 g/mol. The molecule has 1 N–H and O–H groups in total. The van der Waals surface area contributed by atoms with Crippen molar-refractivity contribution in [3.05, 3.63) is 35.4 Å². The summed E-state index contributed by atoms with van der Waals surface area (Å²) in [5.74, 6) is -1.23. The summed E-state index contributed by atoms with van der Waals surface area (Å²) in [5, 5.41) is 10.1. The van der Waals surface area contributed by atoms with Gasteiger partial charge in [0.15, 0.2) is 0 Å². The van der Waals surface area contributed by atoms with Gasteiger partial charge in [0.2, 0.25) is 0 Å².